The van der Waals surface area contributed by atoms with Crippen LogP contribution in [0.5, 0.6) is 5.75 Å². The van der Waals surface area contributed by atoms with Gasteiger partial charge in [0, 0.05) is 24.4 Å². The van der Waals surface area contributed by atoms with Crippen LogP contribution in [-0.2, 0) is 22.9 Å². The van der Waals surface area contributed by atoms with E-state index in [-0.39, 0.29) is 35.0 Å². The van der Waals surface area contributed by atoms with Crippen LogP contribution in [0.25, 0.3) is 5.69 Å². The molecule has 3 aromatic rings. The van der Waals surface area contributed by atoms with Crippen LogP contribution < -0.4 is 4.74 Å². The van der Waals surface area contributed by atoms with Gasteiger partial charge in [0.1, 0.15) is 23.1 Å². The number of carbonyl (C=O) groups is 1. The predicted octanol–water partition coefficient (Wildman–Crippen LogP) is 4.43. The fraction of sp³-hybridized carbons (Fsp3) is 0.304. The average molecular weight is 529 g/mol. The molecule has 2 aromatic carbocycles. The summed E-state index contributed by atoms with van der Waals surface area (Å²) >= 11 is 0. The van der Waals surface area contributed by atoms with Crippen molar-refractivity contribution in [3.8, 4) is 11.4 Å². The first kappa shape index (κ1) is 25.6. The van der Waals surface area contributed by atoms with Gasteiger partial charge in [-0.15, -0.1) is 0 Å². The van der Waals surface area contributed by atoms with E-state index in [1.807, 2.05) is 0 Å². The molecule has 0 spiro atoms. The lowest BCUT2D eigenvalue weighted by atomic mass is 10.1. The zero-order chi connectivity index (χ0) is 26.4. The van der Waals surface area contributed by atoms with Crippen LogP contribution in [0.15, 0.2) is 47.5 Å². The maximum Gasteiger partial charge on any atom is 0.425 e. The number of nitrogens with zero attached hydrogens (tertiary/aromatic N) is 3. The molecular formula is C23H20F5N3O4S. The van der Waals surface area contributed by atoms with Crippen LogP contribution in [0.3, 0.4) is 0 Å². The van der Waals surface area contributed by atoms with Crippen LogP contribution in [0.2, 0.25) is 0 Å². The van der Waals surface area contributed by atoms with E-state index in [2.05, 4.69) is 5.10 Å². The fourth-order valence-electron chi connectivity index (χ4n) is 3.65. The number of alkyl halides is 3. The van der Waals surface area contributed by atoms with Gasteiger partial charge in [-0.05, 0) is 37.3 Å². The van der Waals surface area contributed by atoms with Crippen molar-refractivity contribution in [3.05, 3.63) is 71.1 Å². The number of benzene rings is 2. The molecule has 0 N–H and O–H groups in total. The van der Waals surface area contributed by atoms with Crippen LogP contribution in [0.4, 0.5) is 22.0 Å². The Labute approximate surface area is 203 Å². The van der Waals surface area contributed by atoms with Gasteiger partial charge in [0.25, 0.3) is 5.91 Å². The number of sulfone groups is 1. The molecule has 36 heavy (non-hydrogen) atoms. The number of carbonyl (C=O) groups excluding carboxylic acids is 1. The number of rotatable bonds is 6. The monoisotopic (exact) mass is 529 g/mol. The molecule has 1 aliphatic rings. The quantitative estimate of drug-likeness (QED) is 0.442. The zero-order valence-corrected chi connectivity index (χ0v) is 19.8. The van der Waals surface area contributed by atoms with Crippen molar-refractivity contribution in [2.24, 2.45) is 0 Å². The lowest BCUT2D eigenvalue weighted by Crippen LogP contribution is -2.33. The molecular weight excluding hydrogens is 509 g/mol. The standard InChI is InChI=1S/C23H20F5N3O4S/c1-3-36(33,34)16-5-7-21(35-13(2)23(26,27)28)17(9-16)22(32)30-10-14-11-31(29-19(14)12-30)20-8-15(24)4-6-18(20)25/h4-9,11,13H,3,10,12H2,1-2H3/t13-/m0/s1. The molecule has 7 nitrogen and oxygen atoms in total. The number of amides is 1. The van der Waals surface area contributed by atoms with Gasteiger partial charge in [0.2, 0.25) is 0 Å². The first-order valence-corrected chi connectivity index (χ1v) is 12.4. The highest BCUT2D eigenvalue weighted by Gasteiger charge is 2.39. The number of ether oxygens (including phenoxy) is 1. The number of fused-ring (bicyclic) bond motifs is 1. The molecule has 0 saturated carbocycles. The highest BCUT2D eigenvalue weighted by molar-refractivity contribution is 7.91. The lowest BCUT2D eigenvalue weighted by Gasteiger charge is -2.22. The van der Waals surface area contributed by atoms with Crippen LogP contribution in [0.1, 0.15) is 35.5 Å². The summed E-state index contributed by atoms with van der Waals surface area (Å²) in [5.41, 5.74) is 0.400. The van der Waals surface area contributed by atoms with Crippen LogP contribution in [-0.4, -0.2) is 47.0 Å². The molecule has 192 valence electrons. The molecule has 0 unspecified atom stereocenters. The minimum atomic E-state index is -4.71. The molecule has 0 fully saturated rings. The summed E-state index contributed by atoms with van der Waals surface area (Å²) in [5, 5.41) is 4.20. The maximum atomic E-state index is 14.1. The Morgan fingerprint density at radius 1 is 1.14 bits per heavy atom. The first-order valence-electron chi connectivity index (χ1n) is 10.7. The smallest absolute Gasteiger partial charge is 0.425 e. The summed E-state index contributed by atoms with van der Waals surface area (Å²) in [7, 11) is -3.77. The third kappa shape index (κ3) is 4.92. The summed E-state index contributed by atoms with van der Waals surface area (Å²) in [5.74, 6) is -2.84. The number of hydrogen-bond donors (Lipinski definition) is 0. The van der Waals surface area contributed by atoms with Gasteiger partial charge in [0.05, 0.1) is 28.5 Å². The van der Waals surface area contributed by atoms with Crippen LogP contribution >= 0.6 is 0 Å². The molecule has 13 heteroatoms. The molecule has 1 aromatic heterocycles. The Morgan fingerprint density at radius 2 is 1.86 bits per heavy atom. The van der Waals surface area contributed by atoms with E-state index >= 15 is 0 Å². The van der Waals surface area contributed by atoms with Crippen molar-refractivity contribution in [2.75, 3.05) is 5.75 Å². The summed E-state index contributed by atoms with van der Waals surface area (Å²) in [6.45, 7) is 2.04. The third-order valence-corrected chi connectivity index (χ3v) is 7.44. The van der Waals surface area contributed by atoms with E-state index < -0.39 is 45.4 Å². The van der Waals surface area contributed by atoms with Crippen molar-refractivity contribution in [3.63, 3.8) is 0 Å². The normalized spacial score (nSPS) is 14.6. The number of aromatic nitrogens is 2. The summed E-state index contributed by atoms with van der Waals surface area (Å²) < 4.78 is 97.7. The van der Waals surface area contributed by atoms with E-state index in [9.17, 15) is 35.2 Å². The minimum Gasteiger partial charge on any atom is -0.480 e. The van der Waals surface area contributed by atoms with Gasteiger partial charge in [-0.3, -0.25) is 4.79 Å². The highest BCUT2D eigenvalue weighted by Crippen LogP contribution is 2.32. The molecule has 0 aliphatic carbocycles. The zero-order valence-electron chi connectivity index (χ0n) is 19.0. The predicted molar refractivity (Wildman–Crippen MR) is 117 cm³/mol. The van der Waals surface area contributed by atoms with Gasteiger partial charge < -0.3 is 9.64 Å². The van der Waals surface area contributed by atoms with Crippen molar-refractivity contribution in [2.45, 2.75) is 44.1 Å². The molecule has 1 aliphatic heterocycles. The molecule has 0 saturated heterocycles. The van der Waals surface area contributed by atoms with Crippen LogP contribution in [0, 0.1) is 11.6 Å². The van der Waals surface area contributed by atoms with Gasteiger partial charge in [-0.2, -0.15) is 18.3 Å². The first-order chi connectivity index (χ1) is 16.8. The summed E-state index contributed by atoms with van der Waals surface area (Å²) in [4.78, 5) is 14.3. The van der Waals surface area contributed by atoms with E-state index in [1.165, 1.54) is 18.0 Å². The van der Waals surface area contributed by atoms with Gasteiger partial charge in [-0.25, -0.2) is 21.9 Å². The Morgan fingerprint density at radius 3 is 2.50 bits per heavy atom. The summed E-state index contributed by atoms with van der Waals surface area (Å²) in [6, 6.07) is 5.99. The third-order valence-electron chi connectivity index (χ3n) is 5.71. The van der Waals surface area contributed by atoms with E-state index in [0.29, 0.717) is 11.3 Å². The fourth-order valence-corrected chi connectivity index (χ4v) is 4.55. The lowest BCUT2D eigenvalue weighted by molar-refractivity contribution is -0.189. The van der Waals surface area contributed by atoms with Crippen molar-refractivity contribution < 1.29 is 39.9 Å². The molecule has 1 atom stereocenters. The second-order valence-corrected chi connectivity index (χ2v) is 10.4. The molecule has 0 bridgehead atoms. The summed E-state index contributed by atoms with van der Waals surface area (Å²) in [6.07, 6.45) is -5.55. The largest absolute Gasteiger partial charge is 0.480 e. The van der Waals surface area contributed by atoms with E-state index in [0.717, 1.165) is 48.0 Å². The van der Waals surface area contributed by atoms with Gasteiger partial charge >= 0.3 is 6.18 Å². The Hall–Kier alpha value is -3.48. The van der Waals surface area contributed by atoms with Crippen molar-refractivity contribution >= 4 is 15.7 Å². The van der Waals surface area contributed by atoms with E-state index in [4.69, 9.17) is 4.74 Å². The average Bonchev–Trinajstić information content (AvgIpc) is 3.39. The van der Waals surface area contributed by atoms with E-state index in [1.54, 1.807) is 0 Å². The molecule has 4 rings (SSSR count). The topological polar surface area (TPSA) is 81.5 Å². The molecule has 0 radical (unpaired) electrons. The Balaban J connectivity index is 1.64. The Bertz CT molecular complexity index is 1410. The molecule has 1 amide bonds. The Kier molecular flexibility index (Phi) is 6.54. The second-order valence-electron chi connectivity index (χ2n) is 8.17. The highest BCUT2D eigenvalue weighted by atomic mass is 32.2. The molecule has 2 heterocycles. The van der Waals surface area contributed by atoms with Gasteiger partial charge in [-0.1, -0.05) is 6.92 Å². The van der Waals surface area contributed by atoms with Crippen molar-refractivity contribution in [1.29, 1.82) is 0 Å². The maximum absolute atomic E-state index is 14.1. The van der Waals surface area contributed by atoms with Crippen molar-refractivity contribution in [1.82, 2.24) is 14.7 Å². The van der Waals surface area contributed by atoms with Gasteiger partial charge in [0.15, 0.2) is 15.9 Å². The number of halogens is 5. The number of hydrogen-bond acceptors (Lipinski definition) is 5. The second kappa shape index (κ2) is 9.19. The minimum absolute atomic E-state index is 0.0376. The SMILES string of the molecule is CCS(=O)(=O)c1ccc(O[C@@H](C)C(F)(F)F)c(C(=O)N2Cc3cn(-c4cc(F)ccc4F)nc3C2)c1.